The van der Waals surface area contributed by atoms with Crippen LogP contribution in [0.2, 0.25) is 0 Å². The molecule has 8 aromatic rings. The van der Waals surface area contributed by atoms with Gasteiger partial charge in [-0.3, -0.25) is 4.57 Å². The van der Waals surface area contributed by atoms with Crippen LogP contribution in [0.1, 0.15) is 0 Å². The van der Waals surface area contributed by atoms with Gasteiger partial charge in [0.05, 0.1) is 22.4 Å². The molecule has 212 valence electrons. The molecule has 0 radical (unpaired) electrons. The summed E-state index contributed by atoms with van der Waals surface area (Å²) in [7, 11) is 0. The third-order valence-corrected chi connectivity index (χ3v) is 8.25. The van der Waals surface area contributed by atoms with Crippen molar-refractivity contribution in [2.24, 2.45) is 0 Å². The first-order chi connectivity index (χ1) is 22.3. The Kier molecular flexibility index (Phi) is 5.71. The summed E-state index contributed by atoms with van der Waals surface area (Å²) in [6.45, 7) is 0. The molecular weight excluding hydrogens is 554 g/mol. The van der Waals surface area contributed by atoms with Gasteiger partial charge in [0.25, 0.3) is 0 Å². The van der Waals surface area contributed by atoms with Gasteiger partial charge in [-0.2, -0.15) is 9.97 Å². The largest absolute Gasteiger partial charge is 0.453 e. The summed E-state index contributed by atoms with van der Waals surface area (Å²) in [5.74, 6) is 3.47. The number of benzene rings is 6. The van der Waals surface area contributed by atoms with E-state index < -0.39 is 0 Å². The predicted octanol–water partition coefficient (Wildman–Crippen LogP) is 9.82. The number of ether oxygens (including phenoxy) is 1. The molecule has 0 amide bonds. The van der Waals surface area contributed by atoms with Crippen LogP contribution in [-0.4, -0.2) is 19.5 Å². The molecule has 0 unspecified atom stereocenters. The molecule has 0 spiro atoms. The number of anilines is 2. The van der Waals surface area contributed by atoms with E-state index in [2.05, 4.69) is 70.5 Å². The molecular formula is C39H25N5O. The first-order valence-corrected chi connectivity index (χ1v) is 14.9. The van der Waals surface area contributed by atoms with Crippen LogP contribution in [0.25, 0.3) is 61.7 Å². The first-order valence-electron chi connectivity index (χ1n) is 14.9. The minimum atomic E-state index is 0.577. The average molecular weight is 580 g/mol. The van der Waals surface area contributed by atoms with Crippen LogP contribution < -0.4 is 10.1 Å². The maximum Gasteiger partial charge on any atom is 0.238 e. The van der Waals surface area contributed by atoms with Gasteiger partial charge in [0.15, 0.2) is 23.1 Å². The number of rotatable bonds is 4. The van der Waals surface area contributed by atoms with Crippen molar-refractivity contribution in [3.05, 3.63) is 146 Å². The number of fused-ring (bicyclic) bond motifs is 5. The van der Waals surface area contributed by atoms with Crippen LogP contribution in [0.5, 0.6) is 11.5 Å². The van der Waals surface area contributed by atoms with Gasteiger partial charge in [0.1, 0.15) is 0 Å². The quantitative estimate of drug-likeness (QED) is 0.225. The predicted molar refractivity (Wildman–Crippen MR) is 180 cm³/mol. The second-order valence-corrected chi connectivity index (χ2v) is 11.0. The lowest BCUT2D eigenvalue weighted by molar-refractivity contribution is 0.481. The third-order valence-electron chi connectivity index (χ3n) is 8.25. The molecule has 0 aliphatic carbocycles. The maximum atomic E-state index is 6.27. The van der Waals surface area contributed by atoms with E-state index >= 15 is 0 Å². The van der Waals surface area contributed by atoms with Crippen molar-refractivity contribution in [2.45, 2.75) is 0 Å². The first kappa shape index (κ1) is 25.2. The Balaban J connectivity index is 1.21. The summed E-state index contributed by atoms with van der Waals surface area (Å²) in [4.78, 5) is 15.0. The minimum absolute atomic E-state index is 0.577. The molecule has 1 aliphatic heterocycles. The number of nitrogens with one attached hydrogen (secondary N) is 1. The van der Waals surface area contributed by atoms with Crippen molar-refractivity contribution in [3.8, 4) is 51.3 Å². The molecule has 0 saturated heterocycles. The highest BCUT2D eigenvalue weighted by Crippen LogP contribution is 2.44. The van der Waals surface area contributed by atoms with E-state index in [0.29, 0.717) is 17.6 Å². The van der Waals surface area contributed by atoms with Crippen LogP contribution in [0.4, 0.5) is 11.4 Å². The average Bonchev–Trinajstić information content (AvgIpc) is 3.45. The fraction of sp³-hybridized carbons (Fsp3) is 0. The smallest absolute Gasteiger partial charge is 0.238 e. The molecule has 45 heavy (non-hydrogen) atoms. The van der Waals surface area contributed by atoms with E-state index in [9.17, 15) is 0 Å². The standard InChI is InChI=1S/C39H25N5O/c1-3-11-25(12-4-1)37-41-38(26-13-5-2-6-14-26)43-39(42-37)44-33-17-9-7-15-29(33)30-23-27(20-22-34(30)44)28-19-21-32-36(24-28)45-35-18-10-8-16-31(35)40-32/h1-24,40H. The zero-order chi connectivity index (χ0) is 29.7. The molecule has 3 heterocycles. The number of hydrogen-bond donors (Lipinski definition) is 1. The topological polar surface area (TPSA) is 64.9 Å². The van der Waals surface area contributed by atoms with Crippen LogP contribution in [0, 0.1) is 0 Å². The summed E-state index contributed by atoms with van der Waals surface area (Å²) in [6, 6.07) is 49.4. The third kappa shape index (κ3) is 4.31. The molecule has 6 nitrogen and oxygen atoms in total. The van der Waals surface area contributed by atoms with Gasteiger partial charge in [-0.25, -0.2) is 4.98 Å². The van der Waals surface area contributed by atoms with Gasteiger partial charge in [-0.05, 0) is 53.6 Å². The number of nitrogens with zero attached hydrogens (tertiary/aromatic N) is 4. The fourth-order valence-corrected chi connectivity index (χ4v) is 6.08. The molecule has 9 rings (SSSR count). The number of aromatic nitrogens is 4. The highest BCUT2D eigenvalue weighted by Gasteiger charge is 2.20. The summed E-state index contributed by atoms with van der Waals surface area (Å²) in [5, 5.41) is 5.73. The zero-order valence-corrected chi connectivity index (χ0v) is 24.1. The van der Waals surface area contributed by atoms with Crippen molar-refractivity contribution >= 4 is 33.2 Å². The van der Waals surface area contributed by atoms with E-state index in [0.717, 1.165) is 66.9 Å². The normalized spacial score (nSPS) is 11.9. The summed E-state index contributed by atoms with van der Waals surface area (Å²) < 4.78 is 8.41. The highest BCUT2D eigenvalue weighted by atomic mass is 16.5. The van der Waals surface area contributed by atoms with E-state index in [1.54, 1.807) is 0 Å². The van der Waals surface area contributed by atoms with E-state index in [4.69, 9.17) is 19.7 Å². The van der Waals surface area contributed by atoms with E-state index in [1.165, 1.54) is 0 Å². The van der Waals surface area contributed by atoms with Gasteiger partial charge >= 0.3 is 0 Å². The Bertz CT molecular complexity index is 2320. The van der Waals surface area contributed by atoms with Gasteiger partial charge < -0.3 is 10.1 Å². The Hall–Kier alpha value is -6.27. The fourth-order valence-electron chi connectivity index (χ4n) is 6.08. The number of para-hydroxylation sites is 3. The van der Waals surface area contributed by atoms with Crippen molar-refractivity contribution in [3.63, 3.8) is 0 Å². The van der Waals surface area contributed by atoms with Crippen LogP contribution in [0.15, 0.2) is 146 Å². The summed E-state index contributed by atoms with van der Waals surface area (Å²) >= 11 is 0. The molecule has 0 fully saturated rings. The molecule has 6 heteroatoms. The lowest BCUT2D eigenvalue weighted by Crippen LogP contribution is -2.06. The van der Waals surface area contributed by atoms with Crippen LogP contribution in [0.3, 0.4) is 0 Å². The minimum Gasteiger partial charge on any atom is -0.453 e. The molecule has 0 atom stereocenters. The summed E-state index contributed by atoms with van der Waals surface area (Å²) in [5.41, 5.74) is 8.02. The molecule has 0 saturated carbocycles. The number of hydrogen-bond acceptors (Lipinski definition) is 5. The van der Waals surface area contributed by atoms with E-state index in [1.807, 2.05) is 84.9 Å². The van der Waals surface area contributed by atoms with Gasteiger partial charge in [0.2, 0.25) is 5.95 Å². The molecule has 1 aliphatic rings. The van der Waals surface area contributed by atoms with Gasteiger partial charge in [-0.1, -0.05) is 103 Å². The lowest BCUT2D eigenvalue weighted by atomic mass is 10.0. The summed E-state index contributed by atoms with van der Waals surface area (Å²) in [6.07, 6.45) is 0. The molecule has 6 aromatic carbocycles. The van der Waals surface area contributed by atoms with Crippen LogP contribution >= 0.6 is 0 Å². The van der Waals surface area contributed by atoms with Crippen molar-refractivity contribution in [1.82, 2.24) is 19.5 Å². The van der Waals surface area contributed by atoms with Crippen LogP contribution in [-0.2, 0) is 0 Å². The SMILES string of the molecule is c1ccc(-c2nc(-c3ccccc3)nc(-n3c4ccccc4c4cc(-c5ccc6c(c5)Oc5ccccc5N6)ccc43)n2)cc1. The Morgan fingerprint density at radius 2 is 1.04 bits per heavy atom. The van der Waals surface area contributed by atoms with Gasteiger partial charge in [0, 0.05) is 21.9 Å². The van der Waals surface area contributed by atoms with Crippen molar-refractivity contribution in [1.29, 1.82) is 0 Å². The lowest BCUT2D eigenvalue weighted by Gasteiger charge is -2.22. The van der Waals surface area contributed by atoms with Crippen molar-refractivity contribution in [2.75, 3.05) is 5.32 Å². The zero-order valence-electron chi connectivity index (χ0n) is 24.1. The van der Waals surface area contributed by atoms with Gasteiger partial charge in [-0.15, -0.1) is 0 Å². The van der Waals surface area contributed by atoms with E-state index in [-0.39, 0.29) is 0 Å². The Labute approximate surface area is 259 Å². The molecule has 1 N–H and O–H groups in total. The maximum absolute atomic E-state index is 6.27. The molecule has 0 bridgehead atoms. The monoisotopic (exact) mass is 579 g/mol. The van der Waals surface area contributed by atoms with Crippen molar-refractivity contribution < 1.29 is 4.74 Å². The molecule has 2 aromatic heterocycles. The second-order valence-electron chi connectivity index (χ2n) is 11.0. The second kappa shape index (κ2) is 10.2. The Morgan fingerprint density at radius 1 is 0.444 bits per heavy atom. The Morgan fingerprint density at radius 3 is 1.82 bits per heavy atom. The highest BCUT2D eigenvalue weighted by molar-refractivity contribution is 6.10.